The predicted molar refractivity (Wildman–Crippen MR) is 104 cm³/mol. The van der Waals surface area contributed by atoms with Gasteiger partial charge in [-0.2, -0.15) is 0 Å². The lowest BCUT2D eigenvalue weighted by molar-refractivity contribution is -0.128. The van der Waals surface area contributed by atoms with E-state index < -0.39 is 0 Å². The Labute approximate surface area is 155 Å². The molecule has 0 unspecified atom stereocenters. The molecule has 0 aliphatic heterocycles. The van der Waals surface area contributed by atoms with E-state index in [-0.39, 0.29) is 17.7 Å². The summed E-state index contributed by atoms with van der Waals surface area (Å²) in [5.74, 6) is 0.231. The van der Waals surface area contributed by atoms with E-state index in [2.05, 4.69) is 10.6 Å². The van der Waals surface area contributed by atoms with Crippen LogP contribution in [-0.2, 0) is 16.0 Å². The van der Waals surface area contributed by atoms with Gasteiger partial charge in [0, 0.05) is 32.1 Å². The molecule has 1 aliphatic rings. The molecular formula is C19H27N3O2S. The van der Waals surface area contributed by atoms with E-state index in [1.54, 1.807) is 19.0 Å². The Bertz CT molecular complexity index is 608. The van der Waals surface area contributed by atoms with Crippen LogP contribution >= 0.6 is 12.2 Å². The molecule has 2 amide bonds. The van der Waals surface area contributed by atoms with Crippen LogP contribution in [0.15, 0.2) is 24.3 Å². The predicted octanol–water partition coefficient (Wildman–Crippen LogP) is 3.10. The Kier molecular flexibility index (Phi) is 7.37. The van der Waals surface area contributed by atoms with Crippen molar-refractivity contribution in [2.45, 2.75) is 44.9 Å². The molecule has 0 aromatic heterocycles. The number of nitrogens with one attached hydrogen (secondary N) is 2. The molecule has 1 fully saturated rings. The molecule has 6 heteroatoms. The molecule has 25 heavy (non-hydrogen) atoms. The number of thiocarbonyl (C=S) groups is 1. The third kappa shape index (κ3) is 6.46. The molecule has 1 aromatic carbocycles. The van der Waals surface area contributed by atoms with E-state index in [0.717, 1.165) is 36.9 Å². The van der Waals surface area contributed by atoms with Gasteiger partial charge in [-0.05, 0) is 49.2 Å². The Morgan fingerprint density at radius 3 is 2.36 bits per heavy atom. The Hall–Kier alpha value is -1.95. The lowest BCUT2D eigenvalue weighted by Gasteiger charge is -2.21. The summed E-state index contributed by atoms with van der Waals surface area (Å²) in [6, 6.07) is 7.76. The Morgan fingerprint density at radius 2 is 1.76 bits per heavy atom. The van der Waals surface area contributed by atoms with Crippen LogP contribution in [0.5, 0.6) is 0 Å². The smallest absolute Gasteiger partial charge is 0.229 e. The van der Waals surface area contributed by atoms with Crippen molar-refractivity contribution in [2.24, 2.45) is 5.92 Å². The lowest BCUT2D eigenvalue weighted by Crippen LogP contribution is -2.38. The van der Waals surface area contributed by atoms with Gasteiger partial charge in [0.1, 0.15) is 0 Å². The van der Waals surface area contributed by atoms with Crippen LogP contribution in [0.4, 0.5) is 5.69 Å². The second-order valence-corrected chi connectivity index (χ2v) is 7.17. The number of carbonyl (C=O) groups excluding carboxylic acids is 2. The number of aryl methyl sites for hydroxylation is 1. The van der Waals surface area contributed by atoms with E-state index in [4.69, 9.17) is 12.2 Å². The highest BCUT2D eigenvalue weighted by Gasteiger charge is 2.21. The third-order valence-electron chi connectivity index (χ3n) is 4.55. The fourth-order valence-electron chi connectivity index (χ4n) is 2.97. The highest BCUT2D eigenvalue weighted by Crippen LogP contribution is 2.23. The molecule has 0 spiro atoms. The second kappa shape index (κ2) is 9.51. The minimum Gasteiger partial charge on any atom is -0.349 e. The summed E-state index contributed by atoms with van der Waals surface area (Å²) in [7, 11) is 3.52. The molecule has 0 bridgehead atoms. The van der Waals surface area contributed by atoms with E-state index in [0.29, 0.717) is 18.0 Å². The Balaban J connectivity index is 1.78. The molecule has 0 atom stereocenters. The van der Waals surface area contributed by atoms with Crippen molar-refractivity contribution in [3.63, 3.8) is 0 Å². The monoisotopic (exact) mass is 361 g/mol. The highest BCUT2D eigenvalue weighted by molar-refractivity contribution is 7.80. The number of nitrogens with zero attached hydrogens (tertiary/aromatic N) is 1. The van der Waals surface area contributed by atoms with Crippen molar-refractivity contribution in [1.82, 2.24) is 10.2 Å². The molecule has 0 saturated heterocycles. The largest absolute Gasteiger partial charge is 0.349 e. The van der Waals surface area contributed by atoms with Gasteiger partial charge < -0.3 is 15.5 Å². The number of carbonyl (C=O) groups is 2. The molecule has 1 saturated carbocycles. The standard InChI is InChI=1S/C19H27N3O2S/c1-22(2)17(23)13-10-14-8-11-16(12-9-14)20-19(25)21-18(24)15-6-4-3-5-7-15/h8-9,11-12,15H,3-7,10,13H2,1-2H3,(H2,20,21,24,25). The van der Waals surface area contributed by atoms with Gasteiger partial charge in [-0.1, -0.05) is 31.4 Å². The SMILES string of the molecule is CN(C)C(=O)CCc1ccc(NC(=S)NC(=O)C2CCCCC2)cc1. The average molecular weight is 362 g/mol. The molecule has 1 aliphatic carbocycles. The molecular weight excluding hydrogens is 334 g/mol. The van der Waals surface area contributed by atoms with E-state index in [1.165, 1.54) is 6.42 Å². The van der Waals surface area contributed by atoms with Crippen molar-refractivity contribution in [2.75, 3.05) is 19.4 Å². The molecule has 5 nitrogen and oxygen atoms in total. The number of rotatable bonds is 5. The number of anilines is 1. The molecule has 0 radical (unpaired) electrons. The van der Waals surface area contributed by atoms with Crippen molar-refractivity contribution < 1.29 is 9.59 Å². The molecule has 2 N–H and O–H groups in total. The van der Waals surface area contributed by atoms with Crippen molar-refractivity contribution >= 4 is 34.8 Å². The summed E-state index contributed by atoms with van der Waals surface area (Å²) in [5.41, 5.74) is 1.93. The summed E-state index contributed by atoms with van der Waals surface area (Å²) < 4.78 is 0. The van der Waals surface area contributed by atoms with Gasteiger partial charge in [0.2, 0.25) is 11.8 Å². The van der Waals surface area contributed by atoms with E-state index in [9.17, 15) is 9.59 Å². The van der Waals surface area contributed by atoms with Gasteiger partial charge in [0.25, 0.3) is 0 Å². The molecule has 136 valence electrons. The fourth-order valence-corrected chi connectivity index (χ4v) is 3.19. The highest BCUT2D eigenvalue weighted by atomic mass is 32.1. The van der Waals surface area contributed by atoms with Crippen molar-refractivity contribution in [1.29, 1.82) is 0 Å². The molecule has 0 heterocycles. The zero-order chi connectivity index (χ0) is 18.2. The maximum atomic E-state index is 12.2. The maximum absolute atomic E-state index is 12.2. The average Bonchev–Trinajstić information content (AvgIpc) is 2.61. The Morgan fingerprint density at radius 1 is 1.12 bits per heavy atom. The maximum Gasteiger partial charge on any atom is 0.229 e. The number of hydrogen-bond acceptors (Lipinski definition) is 3. The third-order valence-corrected chi connectivity index (χ3v) is 4.75. The van der Waals surface area contributed by atoms with Crippen LogP contribution in [0.1, 0.15) is 44.1 Å². The van der Waals surface area contributed by atoms with Crippen molar-refractivity contribution in [3.05, 3.63) is 29.8 Å². The van der Waals surface area contributed by atoms with Crippen LogP contribution in [-0.4, -0.2) is 35.9 Å². The van der Waals surface area contributed by atoms with Gasteiger partial charge in [0.15, 0.2) is 5.11 Å². The second-order valence-electron chi connectivity index (χ2n) is 6.76. The van der Waals surface area contributed by atoms with Crippen LogP contribution < -0.4 is 10.6 Å². The molecule has 2 rings (SSSR count). The first-order valence-electron chi connectivity index (χ1n) is 8.86. The minimum atomic E-state index is 0.0241. The van der Waals surface area contributed by atoms with E-state index in [1.807, 2.05) is 24.3 Å². The first-order chi connectivity index (χ1) is 12.0. The van der Waals surface area contributed by atoms with Crippen molar-refractivity contribution in [3.8, 4) is 0 Å². The fraction of sp³-hybridized carbons (Fsp3) is 0.526. The number of benzene rings is 1. The summed E-state index contributed by atoms with van der Waals surface area (Å²) >= 11 is 5.24. The first-order valence-corrected chi connectivity index (χ1v) is 9.27. The van der Waals surface area contributed by atoms with E-state index >= 15 is 0 Å². The first kappa shape index (κ1) is 19.4. The van der Waals surface area contributed by atoms with Gasteiger partial charge in [0.05, 0.1) is 0 Å². The van der Waals surface area contributed by atoms with Gasteiger partial charge in [-0.15, -0.1) is 0 Å². The number of hydrogen-bond donors (Lipinski definition) is 2. The summed E-state index contributed by atoms with van der Waals surface area (Å²) in [5, 5.41) is 6.18. The summed E-state index contributed by atoms with van der Waals surface area (Å²) in [4.78, 5) is 25.4. The van der Waals surface area contributed by atoms with Crippen LogP contribution in [0, 0.1) is 5.92 Å². The van der Waals surface area contributed by atoms with Crippen LogP contribution in [0.2, 0.25) is 0 Å². The molecule has 1 aromatic rings. The van der Waals surface area contributed by atoms with Gasteiger partial charge in [-0.25, -0.2) is 0 Å². The minimum absolute atomic E-state index is 0.0241. The number of amides is 2. The quantitative estimate of drug-likeness (QED) is 0.791. The summed E-state index contributed by atoms with van der Waals surface area (Å²) in [6.07, 6.45) is 6.57. The van der Waals surface area contributed by atoms with Crippen LogP contribution in [0.3, 0.4) is 0 Å². The lowest BCUT2D eigenvalue weighted by atomic mass is 9.89. The zero-order valence-corrected chi connectivity index (χ0v) is 15.8. The normalized spacial score (nSPS) is 14.6. The van der Waals surface area contributed by atoms with Crippen LogP contribution in [0.25, 0.3) is 0 Å². The van der Waals surface area contributed by atoms with Gasteiger partial charge in [-0.3, -0.25) is 9.59 Å². The van der Waals surface area contributed by atoms with Gasteiger partial charge >= 0.3 is 0 Å². The summed E-state index contributed by atoms with van der Waals surface area (Å²) in [6.45, 7) is 0. The zero-order valence-electron chi connectivity index (χ0n) is 15.0. The topological polar surface area (TPSA) is 61.4 Å².